The van der Waals surface area contributed by atoms with Crippen molar-refractivity contribution in [2.24, 2.45) is 5.73 Å². The van der Waals surface area contributed by atoms with E-state index >= 15 is 0 Å². The van der Waals surface area contributed by atoms with Gasteiger partial charge in [0, 0.05) is 6.54 Å². The highest BCUT2D eigenvalue weighted by atomic mass is 35.5. The summed E-state index contributed by atoms with van der Waals surface area (Å²) >= 11 is 6.08. The molecule has 0 spiro atoms. The molecule has 0 aliphatic rings. The van der Waals surface area contributed by atoms with Crippen LogP contribution in [0.3, 0.4) is 0 Å². The fraction of sp³-hybridized carbons (Fsp3) is 0.333. The average Bonchev–Trinajstić information content (AvgIpc) is 2.26. The van der Waals surface area contributed by atoms with Crippen molar-refractivity contribution >= 4 is 17.7 Å². The summed E-state index contributed by atoms with van der Waals surface area (Å²) in [7, 11) is 1.57. The molecule has 2 N–H and O–H groups in total. The van der Waals surface area contributed by atoms with Gasteiger partial charge < -0.3 is 15.2 Å². The minimum Gasteiger partial charge on any atom is -0.491 e. The molecule has 0 saturated heterocycles. The second-order valence-corrected chi connectivity index (χ2v) is 3.51. The van der Waals surface area contributed by atoms with E-state index in [9.17, 15) is 0 Å². The van der Waals surface area contributed by atoms with Gasteiger partial charge in [-0.15, -0.1) is 0 Å². The molecule has 0 aliphatic carbocycles. The molecule has 4 heteroatoms. The van der Waals surface area contributed by atoms with E-state index in [1.54, 1.807) is 7.11 Å². The van der Waals surface area contributed by atoms with E-state index in [0.29, 0.717) is 29.7 Å². The molecule has 0 bridgehead atoms. The van der Waals surface area contributed by atoms with Crippen LogP contribution in [0, 0.1) is 0 Å². The predicted molar refractivity (Wildman–Crippen MR) is 67.3 cm³/mol. The SMILES string of the molecule is CCOc1cc(/C=C/CN)cc(Cl)c1OC. The zero-order valence-corrected chi connectivity index (χ0v) is 10.3. The monoisotopic (exact) mass is 241 g/mol. The quantitative estimate of drug-likeness (QED) is 0.862. The van der Waals surface area contributed by atoms with Crippen LogP contribution < -0.4 is 15.2 Å². The fourth-order valence-electron chi connectivity index (χ4n) is 1.35. The molecule has 0 unspecified atom stereocenters. The molecule has 0 radical (unpaired) electrons. The molecule has 16 heavy (non-hydrogen) atoms. The molecular formula is C12H16ClNO2. The van der Waals surface area contributed by atoms with Crippen molar-refractivity contribution in [3.05, 3.63) is 28.8 Å². The second-order valence-electron chi connectivity index (χ2n) is 3.11. The van der Waals surface area contributed by atoms with Gasteiger partial charge in [-0.2, -0.15) is 0 Å². The Hall–Kier alpha value is -1.19. The van der Waals surface area contributed by atoms with Crippen molar-refractivity contribution in [3.63, 3.8) is 0 Å². The Morgan fingerprint density at radius 3 is 2.75 bits per heavy atom. The highest BCUT2D eigenvalue weighted by molar-refractivity contribution is 6.32. The fourth-order valence-corrected chi connectivity index (χ4v) is 1.65. The Morgan fingerprint density at radius 2 is 2.19 bits per heavy atom. The Bertz CT molecular complexity index is 378. The maximum atomic E-state index is 6.08. The summed E-state index contributed by atoms with van der Waals surface area (Å²) in [6.07, 6.45) is 3.75. The number of hydrogen-bond donors (Lipinski definition) is 1. The van der Waals surface area contributed by atoms with Crippen LogP contribution in [0.2, 0.25) is 5.02 Å². The minimum atomic E-state index is 0.494. The first-order chi connectivity index (χ1) is 7.72. The first-order valence-corrected chi connectivity index (χ1v) is 5.47. The van der Waals surface area contributed by atoms with Crippen LogP contribution in [-0.2, 0) is 0 Å². The predicted octanol–water partition coefficient (Wildman–Crippen LogP) is 2.72. The number of methoxy groups -OCH3 is 1. The van der Waals surface area contributed by atoms with Crippen LogP contribution in [0.4, 0.5) is 0 Å². The van der Waals surface area contributed by atoms with Crippen molar-refractivity contribution in [3.8, 4) is 11.5 Å². The van der Waals surface area contributed by atoms with Crippen LogP contribution >= 0.6 is 11.6 Å². The number of rotatable bonds is 5. The average molecular weight is 242 g/mol. The Balaban J connectivity index is 3.11. The number of hydrogen-bond acceptors (Lipinski definition) is 3. The standard InChI is InChI=1S/C12H16ClNO2/c1-3-16-11-8-9(5-4-6-14)7-10(13)12(11)15-2/h4-5,7-8H,3,6,14H2,1-2H3/b5-4+. The maximum absolute atomic E-state index is 6.08. The van der Waals surface area contributed by atoms with Gasteiger partial charge in [0.1, 0.15) is 0 Å². The van der Waals surface area contributed by atoms with Gasteiger partial charge in [-0.25, -0.2) is 0 Å². The van der Waals surface area contributed by atoms with Crippen molar-refractivity contribution in [1.29, 1.82) is 0 Å². The molecule has 3 nitrogen and oxygen atoms in total. The van der Waals surface area contributed by atoms with Crippen LogP contribution in [0.25, 0.3) is 6.08 Å². The first kappa shape index (κ1) is 12.9. The number of halogens is 1. The molecule has 0 fully saturated rings. The van der Waals surface area contributed by atoms with E-state index in [2.05, 4.69) is 0 Å². The van der Waals surface area contributed by atoms with E-state index in [1.807, 2.05) is 31.2 Å². The van der Waals surface area contributed by atoms with E-state index in [1.165, 1.54) is 0 Å². The lowest BCUT2D eigenvalue weighted by molar-refractivity contribution is 0.311. The van der Waals surface area contributed by atoms with Gasteiger partial charge in [-0.3, -0.25) is 0 Å². The molecule has 1 aromatic rings. The Kier molecular flexibility index (Phi) is 5.15. The summed E-state index contributed by atoms with van der Waals surface area (Å²) in [5.74, 6) is 1.21. The van der Waals surface area contributed by atoms with E-state index in [4.69, 9.17) is 26.8 Å². The topological polar surface area (TPSA) is 44.5 Å². The van der Waals surface area contributed by atoms with Crippen molar-refractivity contribution in [1.82, 2.24) is 0 Å². The third-order valence-electron chi connectivity index (χ3n) is 1.98. The zero-order valence-electron chi connectivity index (χ0n) is 9.50. The summed E-state index contributed by atoms with van der Waals surface area (Å²) in [5.41, 5.74) is 6.34. The lowest BCUT2D eigenvalue weighted by atomic mass is 10.2. The maximum Gasteiger partial charge on any atom is 0.179 e. The molecule has 0 atom stereocenters. The molecule has 1 aromatic carbocycles. The van der Waals surface area contributed by atoms with Gasteiger partial charge in [0.2, 0.25) is 0 Å². The first-order valence-electron chi connectivity index (χ1n) is 5.09. The van der Waals surface area contributed by atoms with E-state index in [0.717, 1.165) is 5.56 Å². The molecule has 0 heterocycles. The van der Waals surface area contributed by atoms with Crippen LogP contribution in [0.5, 0.6) is 11.5 Å². The molecule has 0 amide bonds. The molecule has 0 aromatic heterocycles. The Morgan fingerprint density at radius 1 is 1.44 bits per heavy atom. The second kappa shape index (κ2) is 6.40. The van der Waals surface area contributed by atoms with Crippen molar-refractivity contribution < 1.29 is 9.47 Å². The van der Waals surface area contributed by atoms with Gasteiger partial charge in [0.25, 0.3) is 0 Å². The normalized spacial score (nSPS) is 10.8. The van der Waals surface area contributed by atoms with Crippen LogP contribution in [0.1, 0.15) is 12.5 Å². The summed E-state index contributed by atoms with van der Waals surface area (Å²) < 4.78 is 10.6. The highest BCUT2D eigenvalue weighted by Crippen LogP contribution is 2.36. The summed E-state index contributed by atoms with van der Waals surface area (Å²) in [6, 6.07) is 3.69. The van der Waals surface area contributed by atoms with Crippen molar-refractivity contribution in [2.75, 3.05) is 20.3 Å². The third kappa shape index (κ3) is 3.15. The lowest BCUT2D eigenvalue weighted by Crippen LogP contribution is -1.97. The summed E-state index contributed by atoms with van der Waals surface area (Å²) in [5, 5.41) is 0.533. The minimum absolute atomic E-state index is 0.494. The smallest absolute Gasteiger partial charge is 0.179 e. The zero-order chi connectivity index (χ0) is 12.0. The van der Waals surface area contributed by atoms with Gasteiger partial charge in [-0.1, -0.05) is 23.8 Å². The summed E-state index contributed by atoms with van der Waals surface area (Å²) in [4.78, 5) is 0. The highest BCUT2D eigenvalue weighted by Gasteiger charge is 2.09. The molecular weight excluding hydrogens is 226 g/mol. The van der Waals surface area contributed by atoms with Crippen LogP contribution in [0.15, 0.2) is 18.2 Å². The molecule has 88 valence electrons. The van der Waals surface area contributed by atoms with Crippen molar-refractivity contribution in [2.45, 2.75) is 6.92 Å². The van der Waals surface area contributed by atoms with Gasteiger partial charge >= 0.3 is 0 Å². The van der Waals surface area contributed by atoms with Gasteiger partial charge in [0.15, 0.2) is 11.5 Å². The van der Waals surface area contributed by atoms with Gasteiger partial charge in [0.05, 0.1) is 18.7 Å². The molecule has 1 rings (SSSR count). The molecule has 0 saturated carbocycles. The summed E-state index contributed by atoms with van der Waals surface area (Å²) in [6.45, 7) is 2.97. The van der Waals surface area contributed by atoms with Gasteiger partial charge in [-0.05, 0) is 24.6 Å². The number of nitrogens with two attached hydrogens (primary N) is 1. The number of ether oxygens (including phenoxy) is 2. The van der Waals surface area contributed by atoms with Crippen LogP contribution in [-0.4, -0.2) is 20.3 Å². The largest absolute Gasteiger partial charge is 0.491 e. The van der Waals surface area contributed by atoms with E-state index < -0.39 is 0 Å². The third-order valence-corrected chi connectivity index (χ3v) is 2.26. The number of benzene rings is 1. The lowest BCUT2D eigenvalue weighted by Gasteiger charge is -2.11. The van der Waals surface area contributed by atoms with E-state index in [-0.39, 0.29) is 0 Å². The Labute approximate surface area is 101 Å². The molecule has 0 aliphatic heterocycles.